The number of hydrogen-bond acceptors (Lipinski definition) is 4. The van der Waals surface area contributed by atoms with Gasteiger partial charge in [-0.3, -0.25) is 4.79 Å². The van der Waals surface area contributed by atoms with Gasteiger partial charge in [-0.15, -0.1) is 23.1 Å². The molecule has 0 unspecified atom stereocenters. The molecule has 0 radical (unpaired) electrons. The monoisotopic (exact) mass is 264 g/mol. The summed E-state index contributed by atoms with van der Waals surface area (Å²) < 4.78 is 1.33. The molecule has 0 saturated heterocycles. The third-order valence-corrected chi connectivity index (χ3v) is 5.41. The minimum atomic E-state index is -0.108. The Labute approximate surface area is 107 Å². The fourth-order valence-electron chi connectivity index (χ4n) is 1.99. The average molecular weight is 264 g/mol. The predicted molar refractivity (Wildman–Crippen MR) is 72.0 cm³/mol. The van der Waals surface area contributed by atoms with Gasteiger partial charge in [0.05, 0.1) is 9.90 Å². The average Bonchev–Trinajstić information content (AvgIpc) is 2.66. The van der Waals surface area contributed by atoms with Crippen LogP contribution in [0.1, 0.15) is 17.4 Å². The van der Waals surface area contributed by atoms with Crippen molar-refractivity contribution in [2.45, 2.75) is 24.0 Å². The van der Waals surface area contributed by atoms with E-state index in [4.69, 9.17) is 0 Å². The number of rotatable bonds is 1. The molecule has 0 bridgehead atoms. The number of hydrogen-bond donors (Lipinski definition) is 1. The molecule has 3 nitrogen and oxygen atoms in total. The van der Waals surface area contributed by atoms with E-state index in [-0.39, 0.29) is 5.56 Å². The van der Waals surface area contributed by atoms with Gasteiger partial charge in [-0.2, -0.15) is 5.10 Å². The fraction of sp³-hybridized carbons (Fsp3) is 0.333. The zero-order valence-corrected chi connectivity index (χ0v) is 11.1. The number of nitrogens with zero attached hydrogens (tertiary/aromatic N) is 1. The Morgan fingerprint density at radius 1 is 1.47 bits per heavy atom. The number of fused-ring (bicyclic) bond motifs is 3. The van der Waals surface area contributed by atoms with Gasteiger partial charge >= 0.3 is 0 Å². The van der Waals surface area contributed by atoms with Gasteiger partial charge in [0, 0.05) is 22.3 Å². The molecule has 0 amide bonds. The van der Waals surface area contributed by atoms with E-state index in [0.717, 1.165) is 29.9 Å². The van der Waals surface area contributed by atoms with Crippen LogP contribution in [-0.2, 0) is 12.8 Å². The van der Waals surface area contributed by atoms with E-state index in [1.807, 2.05) is 23.1 Å². The van der Waals surface area contributed by atoms with Crippen LogP contribution in [0.4, 0.5) is 0 Å². The number of thioether (sulfide) groups is 1. The number of aryl methyl sites for hydroxylation is 2. The van der Waals surface area contributed by atoms with Crippen molar-refractivity contribution in [1.82, 2.24) is 10.2 Å². The largest absolute Gasteiger partial charge is 0.268 e. The topological polar surface area (TPSA) is 45.8 Å². The highest BCUT2D eigenvalue weighted by atomic mass is 32.2. The summed E-state index contributed by atoms with van der Waals surface area (Å²) >= 11 is 3.72. The smallest absolute Gasteiger partial charge is 0.264 e. The van der Waals surface area contributed by atoms with Crippen LogP contribution >= 0.6 is 23.1 Å². The van der Waals surface area contributed by atoms with Crippen molar-refractivity contribution < 1.29 is 0 Å². The van der Waals surface area contributed by atoms with Gasteiger partial charge in [0.1, 0.15) is 0 Å². The summed E-state index contributed by atoms with van der Waals surface area (Å²) in [4.78, 5) is 12.7. The van der Waals surface area contributed by atoms with Gasteiger partial charge in [0.2, 0.25) is 0 Å². The van der Waals surface area contributed by atoms with Gasteiger partial charge in [-0.1, -0.05) is 6.92 Å². The zero-order chi connectivity index (χ0) is 11.8. The highest BCUT2D eigenvalue weighted by Gasteiger charge is 2.19. The number of thiophene rings is 1. The first-order valence-electron chi connectivity index (χ1n) is 5.62. The van der Waals surface area contributed by atoms with Crippen LogP contribution in [0.15, 0.2) is 21.1 Å². The van der Waals surface area contributed by atoms with Gasteiger partial charge < -0.3 is 0 Å². The summed E-state index contributed by atoms with van der Waals surface area (Å²) in [5.74, 6) is 1.02. The predicted octanol–water partition coefficient (Wildman–Crippen LogP) is 2.71. The molecule has 0 aromatic carbocycles. The molecule has 2 aromatic rings. The maximum Gasteiger partial charge on any atom is 0.264 e. The van der Waals surface area contributed by atoms with Crippen molar-refractivity contribution in [1.29, 1.82) is 0 Å². The maximum atomic E-state index is 11.3. The first-order chi connectivity index (χ1) is 8.28. The number of H-pyrrole nitrogens is 1. The zero-order valence-electron chi connectivity index (χ0n) is 9.45. The molecule has 2 aromatic heterocycles. The van der Waals surface area contributed by atoms with Crippen molar-refractivity contribution in [2.75, 3.05) is 5.75 Å². The van der Waals surface area contributed by atoms with E-state index in [9.17, 15) is 4.79 Å². The standard InChI is InChI=1S/C12H12N2OS2/c1-2-8-6-9-11-7(5-10(15)13-14-11)3-4-16-12(9)17-8/h5-6H,2-4H2,1H3,(H,13,15). The van der Waals surface area contributed by atoms with Crippen LogP contribution in [0.25, 0.3) is 11.3 Å². The van der Waals surface area contributed by atoms with Crippen LogP contribution in [0.5, 0.6) is 0 Å². The number of nitrogens with one attached hydrogen (secondary N) is 1. The van der Waals surface area contributed by atoms with Crippen molar-refractivity contribution in [3.8, 4) is 11.3 Å². The van der Waals surface area contributed by atoms with Crippen molar-refractivity contribution in [2.24, 2.45) is 0 Å². The summed E-state index contributed by atoms with van der Waals surface area (Å²) in [6.07, 6.45) is 1.97. The lowest BCUT2D eigenvalue weighted by molar-refractivity contribution is 0.961. The molecule has 1 N–H and O–H groups in total. The first-order valence-corrected chi connectivity index (χ1v) is 7.42. The second-order valence-corrected chi connectivity index (χ2v) is 6.47. The molecule has 0 spiro atoms. The van der Waals surface area contributed by atoms with Crippen LogP contribution in [0.3, 0.4) is 0 Å². The lowest BCUT2D eigenvalue weighted by atomic mass is 10.1. The Morgan fingerprint density at radius 2 is 2.35 bits per heavy atom. The molecule has 1 aliphatic heterocycles. The summed E-state index contributed by atoms with van der Waals surface area (Å²) in [6, 6.07) is 3.89. The lowest BCUT2D eigenvalue weighted by Gasteiger charge is -2.01. The molecule has 0 saturated carbocycles. The first kappa shape index (κ1) is 11.0. The van der Waals surface area contributed by atoms with Crippen LogP contribution in [-0.4, -0.2) is 16.0 Å². The summed E-state index contributed by atoms with van der Waals surface area (Å²) in [7, 11) is 0. The van der Waals surface area contributed by atoms with E-state index >= 15 is 0 Å². The quantitative estimate of drug-likeness (QED) is 0.861. The van der Waals surface area contributed by atoms with E-state index in [1.54, 1.807) is 6.07 Å². The Hall–Kier alpha value is -1.07. The van der Waals surface area contributed by atoms with Gasteiger partial charge in [0.15, 0.2) is 0 Å². The lowest BCUT2D eigenvalue weighted by Crippen LogP contribution is -2.10. The normalized spacial score (nSPS) is 13.9. The molecular formula is C12H12N2OS2. The summed E-state index contributed by atoms with van der Waals surface area (Å²) in [6.45, 7) is 2.16. The van der Waals surface area contributed by atoms with Crippen LogP contribution in [0, 0.1) is 0 Å². The van der Waals surface area contributed by atoms with Crippen LogP contribution in [0.2, 0.25) is 0 Å². The third-order valence-electron chi connectivity index (χ3n) is 2.84. The Morgan fingerprint density at radius 3 is 3.18 bits per heavy atom. The maximum absolute atomic E-state index is 11.3. The number of aromatic nitrogens is 2. The molecular weight excluding hydrogens is 252 g/mol. The highest BCUT2D eigenvalue weighted by Crippen LogP contribution is 2.41. The molecule has 0 atom stereocenters. The van der Waals surface area contributed by atoms with E-state index in [2.05, 4.69) is 23.2 Å². The molecule has 3 heterocycles. The molecule has 0 fully saturated rings. The minimum Gasteiger partial charge on any atom is -0.268 e. The van der Waals surface area contributed by atoms with Crippen LogP contribution < -0.4 is 5.56 Å². The van der Waals surface area contributed by atoms with Crippen molar-refractivity contribution in [3.63, 3.8) is 0 Å². The third kappa shape index (κ3) is 1.93. The van der Waals surface area contributed by atoms with E-state index < -0.39 is 0 Å². The van der Waals surface area contributed by atoms with Gasteiger partial charge in [-0.25, -0.2) is 5.10 Å². The molecule has 88 valence electrons. The number of aromatic amines is 1. The fourth-order valence-corrected chi connectivity index (χ4v) is 4.44. The Balaban J connectivity index is 2.22. The summed E-state index contributed by atoms with van der Waals surface area (Å²) in [5, 5.41) is 6.77. The van der Waals surface area contributed by atoms with Gasteiger partial charge in [0.25, 0.3) is 5.56 Å². The van der Waals surface area contributed by atoms with Gasteiger partial charge in [-0.05, 0) is 24.5 Å². The molecule has 3 rings (SSSR count). The summed E-state index contributed by atoms with van der Waals surface area (Å²) in [5.41, 5.74) is 3.12. The minimum absolute atomic E-state index is 0.108. The highest BCUT2D eigenvalue weighted by molar-refractivity contribution is 8.01. The van der Waals surface area contributed by atoms with Crippen molar-refractivity contribution in [3.05, 3.63) is 32.9 Å². The Kier molecular flexibility index (Phi) is 2.80. The van der Waals surface area contributed by atoms with Crippen molar-refractivity contribution >= 4 is 23.1 Å². The van der Waals surface area contributed by atoms with E-state index in [1.165, 1.54) is 14.6 Å². The second-order valence-electron chi connectivity index (χ2n) is 3.97. The molecule has 0 aliphatic carbocycles. The SMILES string of the molecule is CCc1cc2c(s1)SCCc1cc(=O)[nH]nc1-2. The Bertz CT molecular complexity index is 615. The molecule has 5 heteroatoms. The molecule has 1 aliphatic rings. The van der Waals surface area contributed by atoms with E-state index in [0.29, 0.717) is 0 Å². The molecule has 17 heavy (non-hydrogen) atoms. The second kappa shape index (κ2) is 4.31.